The summed E-state index contributed by atoms with van der Waals surface area (Å²) in [6.45, 7) is 0.502. The van der Waals surface area contributed by atoms with Crippen molar-refractivity contribution in [2.75, 3.05) is 5.75 Å². The molecule has 0 spiro atoms. The van der Waals surface area contributed by atoms with E-state index in [0.717, 1.165) is 22.4 Å². The number of nitrogens with one attached hydrogen (secondary N) is 1. The number of aromatic nitrogens is 4. The Kier molecular flexibility index (Phi) is 6.12. The number of benzene rings is 3. The van der Waals surface area contributed by atoms with Gasteiger partial charge in [0.25, 0.3) is 0 Å². The minimum absolute atomic E-state index is 0.0618. The van der Waals surface area contributed by atoms with Crippen LogP contribution in [0.1, 0.15) is 5.56 Å². The summed E-state index contributed by atoms with van der Waals surface area (Å²) in [6, 6.07) is 32.2. The third-order valence-electron chi connectivity index (χ3n) is 5.19. The van der Waals surface area contributed by atoms with Crippen LogP contribution in [0.25, 0.3) is 28.0 Å². The number of amides is 1. The third-order valence-corrected chi connectivity index (χ3v) is 6.11. The van der Waals surface area contributed by atoms with Gasteiger partial charge in [0.1, 0.15) is 0 Å². The second-order valence-corrected chi connectivity index (χ2v) is 8.41. The summed E-state index contributed by atoms with van der Waals surface area (Å²) < 4.78 is 1.69. The van der Waals surface area contributed by atoms with Crippen molar-refractivity contribution in [3.63, 3.8) is 0 Å². The Labute approximate surface area is 195 Å². The first-order chi connectivity index (χ1) is 16.3. The lowest BCUT2D eigenvalue weighted by molar-refractivity contribution is -0.118. The number of hydrogen-bond acceptors (Lipinski definition) is 5. The molecule has 0 saturated carbocycles. The largest absolute Gasteiger partial charge is 0.351 e. The van der Waals surface area contributed by atoms with E-state index >= 15 is 0 Å². The van der Waals surface area contributed by atoms with Gasteiger partial charge in [-0.3, -0.25) is 4.79 Å². The molecule has 5 rings (SSSR count). The van der Waals surface area contributed by atoms with E-state index in [0.29, 0.717) is 17.3 Å². The van der Waals surface area contributed by atoms with Gasteiger partial charge in [-0.05, 0) is 28.8 Å². The minimum atomic E-state index is -0.0618. The molecule has 3 aromatic carbocycles. The Bertz CT molecular complexity index is 1370. The van der Waals surface area contributed by atoms with Crippen molar-refractivity contribution in [3.05, 3.63) is 103 Å². The van der Waals surface area contributed by atoms with E-state index in [1.807, 2.05) is 60.7 Å². The first kappa shape index (κ1) is 20.9. The molecule has 1 amide bonds. The molecule has 6 nitrogen and oxygen atoms in total. The van der Waals surface area contributed by atoms with E-state index in [-0.39, 0.29) is 11.7 Å². The van der Waals surface area contributed by atoms with Gasteiger partial charge in [-0.1, -0.05) is 96.7 Å². The maximum Gasteiger partial charge on any atom is 0.230 e. The van der Waals surface area contributed by atoms with E-state index in [1.54, 1.807) is 4.52 Å². The lowest BCUT2D eigenvalue weighted by atomic mass is 10.0. The van der Waals surface area contributed by atoms with E-state index in [4.69, 9.17) is 5.10 Å². The van der Waals surface area contributed by atoms with Gasteiger partial charge in [0.15, 0.2) is 5.65 Å². The minimum Gasteiger partial charge on any atom is -0.351 e. The predicted molar refractivity (Wildman–Crippen MR) is 131 cm³/mol. The maximum atomic E-state index is 12.3. The molecule has 5 aromatic rings. The Morgan fingerprint density at radius 1 is 0.758 bits per heavy atom. The highest BCUT2D eigenvalue weighted by Crippen LogP contribution is 2.24. The highest BCUT2D eigenvalue weighted by Gasteiger charge is 2.12. The van der Waals surface area contributed by atoms with Crippen LogP contribution in [-0.2, 0) is 11.3 Å². The standard InChI is InChI=1S/C26H21N5OS/c32-25(27-17-19-7-3-1-4-8-19)18-33-26-29-28-24-16-15-23(30-31(24)26)22-13-11-21(12-14-22)20-9-5-2-6-10-20/h1-16H,17-18H2,(H,27,32). The summed E-state index contributed by atoms with van der Waals surface area (Å²) in [6.07, 6.45) is 0. The summed E-state index contributed by atoms with van der Waals surface area (Å²) in [5.74, 6) is 0.180. The van der Waals surface area contributed by atoms with Crippen molar-refractivity contribution in [1.29, 1.82) is 0 Å². The van der Waals surface area contributed by atoms with Gasteiger partial charge in [-0.15, -0.1) is 10.2 Å². The van der Waals surface area contributed by atoms with Crippen LogP contribution >= 0.6 is 11.8 Å². The summed E-state index contributed by atoms with van der Waals surface area (Å²) in [4.78, 5) is 12.3. The molecule has 7 heteroatoms. The number of carbonyl (C=O) groups is 1. The summed E-state index contributed by atoms with van der Waals surface area (Å²) in [5, 5.41) is 16.6. The normalized spacial score (nSPS) is 10.9. The molecule has 0 atom stereocenters. The van der Waals surface area contributed by atoms with Gasteiger partial charge in [-0.2, -0.15) is 9.61 Å². The molecule has 0 unspecified atom stereocenters. The van der Waals surface area contributed by atoms with Gasteiger partial charge < -0.3 is 5.32 Å². The van der Waals surface area contributed by atoms with Crippen LogP contribution in [-0.4, -0.2) is 31.5 Å². The molecular weight excluding hydrogens is 430 g/mol. The molecule has 0 aliphatic carbocycles. The molecule has 2 heterocycles. The van der Waals surface area contributed by atoms with Crippen molar-refractivity contribution < 1.29 is 4.79 Å². The lowest BCUT2D eigenvalue weighted by Gasteiger charge is -2.06. The van der Waals surface area contributed by atoms with Crippen molar-refractivity contribution in [1.82, 2.24) is 25.1 Å². The van der Waals surface area contributed by atoms with Crippen LogP contribution in [0.4, 0.5) is 0 Å². The first-order valence-corrected chi connectivity index (χ1v) is 11.6. The van der Waals surface area contributed by atoms with Crippen LogP contribution in [0.5, 0.6) is 0 Å². The fourth-order valence-electron chi connectivity index (χ4n) is 3.45. The van der Waals surface area contributed by atoms with Crippen LogP contribution in [0.2, 0.25) is 0 Å². The molecule has 1 N–H and O–H groups in total. The highest BCUT2D eigenvalue weighted by atomic mass is 32.2. The van der Waals surface area contributed by atoms with Gasteiger partial charge in [0.2, 0.25) is 11.1 Å². The van der Waals surface area contributed by atoms with Crippen LogP contribution in [0.15, 0.2) is 102 Å². The van der Waals surface area contributed by atoms with Crippen LogP contribution in [0.3, 0.4) is 0 Å². The van der Waals surface area contributed by atoms with Crippen molar-refractivity contribution in [2.45, 2.75) is 11.7 Å². The zero-order chi connectivity index (χ0) is 22.5. The zero-order valence-corrected chi connectivity index (χ0v) is 18.6. The van der Waals surface area contributed by atoms with E-state index in [1.165, 1.54) is 17.3 Å². The number of hydrogen-bond donors (Lipinski definition) is 1. The summed E-state index contributed by atoms with van der Waals surface area (Å²) >= 11 is 1.32. The van der Waals surface area contributed by atoms with E-state index < -0.39 is 0 Å². The van der Waals surface area contributed by atoms with Crippen LogP contribution in [0, 0.1) is 0 Å². The number of nitrogens with zero attached hydrogens (tertiary/aromatic N) is 4. The fourth-order valence-corrected chi connectivity index (χ4v) is 4.17. The average molecular weight is 452 g/mol. The topological polar surface area (TPSA) is 72.2 Å². The predicted octanol–water partition coefficient (Wildman–Crippen LogP) is 4.87. The number of fused-ring (bicyclic) bond motifs is 1. The molecule has 0 aliphatic rings. The van der Waals surface area contributed by atoms with E-state index in [9.17, 15) is 4.79 Å². The number of rotatable bonds is 7. The van der Waals surface area contributed by atoms with Gasteiger partial charge in [0, 0.05) is 12.1 Å². The van der Waals surface area contributed by atoms with Gasteiger partial charge >= 0.3 is 0 Å². The maximum absolute atomic E-state index is 12.3. The Balaban J connectivity index is 1.28. The fraction of sp³-hybridized carbons (Fsp3) is 0.0769. The molecule has 0 bridgehead atoms. The van der Waals surface area contributed by atoms with E-state index in [2.05, 4.69) is 51.9 Å². The SMILES string of the molecule is O=C(CSc1nnc2ccc(-c3ccc(-c4ccccc4)cc3)nn12)NCc1ccccc1. The molecular formula is C26H21N5OS. The summed E-state index contributed by atoms with van der Waals surface area (Å²) in [5.41, 5.74) is 5.86. The number of thioether (sulfide) groups is 1. The molecule has 0 fully saturated rings. The quantitative estimate of drug-likeness (QED) is 0.358. The molecule has 0 aliphatic heterocycles. The number of carbonyl (C=O) groups excluding carboxylic acids is 1. The smallest absolute Gasteiger partial charge is 0.230 e. The molecule has 162 valence electrons. The zero-order valence-electron chi connectivity index (χ0n) is 17.8. The average Bonchev–Trinajstić information content (AvgIpc) is 3.30. The van der Waals surface area contributed by atoms with Gasteiger partial charge in [0.05, 0.1) is 11.4 Å². The second-order valence-electron chi connectivity index (χ2n) is 7.47. The molecule has 2 aromatic heterocycles. The lowest BCUT2D eigenvalue weighted by Crippen LogP contribution is -2.24. The molecule has 0 saturated heterocycles. The summed E-state index contributed by atoms with van der Waals surface area (Å²) in [7, 11) is 0. The Hall–Kier alpha value is -3.97. The monoisotopic (exact) mass is 451 g/mol. The Morgan fingerprint density at radius 2 is 1.42 bits per heavy atom. The van der Waals surface area contributed by atoms with Crippen LogP contribution < -0.4 is 5.32 Å². The van der Waals surface area contributed by atoms with Gasteiger partial charge in [-0.25, -0.2) is 0 Å². The van der Waals surface area contributed by atoms with Crippen molar-refractivity contribution >= 4 is 23.3 Å². The first-order valence-electron chi connectivity index (χ1n) is 10.6. The Morgan fingerprint density at radius 3 is 2.18 bits per heavy atom. The van der Waals surface area contributed by atoms with Crippen molar-refractivity contribution in [3.8, 4) is 22.4 Å². The highest BCUT2D eigenvalue weighted by molar-refractivity contribution is 7.99. The van der Waals surface area contributed by atoms with Crippen molar-refractivity contribution in [2.24, 2.45) is 0 Å². The molecule has 0 radical (unpaired) electrons. The second kappa shape index (κ2) is 9.67. The molecule has 33 heavy (non-hydrogen) atoms. The third kappa shape index (κ3) is 4.94.